The molecular formula is C28H42O3S. The van der Waals surface area contributed by atoms with Crippen molar-refractivity contribution in [2.45, 2.75) is 94.6 Å². The summed E-state index contributed by atoms with van der Waals surface area (Å²) in [6.45, 7) is 4.55. The summed E-state index contributed by atoms with van der Waals surface area (Å²) in [6.07, 6.45) is 15.8. The summed E-state index contributed by atoms with van der Waals surface area (Å²) in [5.74, 6) is 1.50. The van der Waals surface area contributed by atoms with Crippen LogP contribution in [0.5, 0.6) is 0 Å². The van der Waals surface area contributed by atoms with Crippen LogP contribution in [-0.2, 0) is 14.3 Å². The monoisotopic (exact) mass is 458 g/mol. The first-order chi connectivity index (χ1) is 15.5. The number of hydrogen-bond donors (Lipinski definition) is 0. The molecule has 4 unspecified atom stereocenters. The smallest absolute Gasteiger partial charge is 0.305 e. The summed E-state index contributed by atoms with van der Waals surface area (Å²) in [6, 6.07) is 10.6. The van der Waals surface area contributed by atoms with E-state index in [0.29, 0.717) is 29.3 Å². The molecule has 1 saturated carbocycles. The minimum atomic E-state index is -0.128. The Morgan fingerprint density at radius 3 is 2.59 bits per heavy atom. The lowest BCUT2D eigenvalue weighted by Crippen LogP contribution is -2.23. The number of carbonyl (C=O) groups is 2. The first kappa shape index (κ1) is 26.7. The molecule has 0 amide bonds. The van der Waals surface area contributed by atoms with Crippen LogP contribution in [0, 0.1) is 17.8 Å². The van der Waals surface area contributed by atoms with Crippen molar-refractivity contribution in [3.05, 3.63) is 42.5 Å². The first-order valence-electron chi connectivity index (χ1n) is 12.5. The molecule has 0 saturated heterocycles. The molecule has 3 nitrogen and oxygen atoms in total. The molecule has 1 aliphatic carbocycles. The maximum atomic E-state index is 12.8. The van der Waals surface area contributed by atoms with Gasteiger partial charge in [-0.15, -0.1) is 11.8 Å². The van der Waals surface area contributed by atoms with E-state index in [1.807, 2.05) is 11.8 Å². The molecule has 1 aromatic rings. The van der Waals surface area contributed by atoms with Gasteiger partial charge in [-0.3, -0.25) is 9.59 Å². The van der Waals surface area contributed by atoms with E-state index in [1.165, 1.54) is 31.3 Å². The summed E-state index contributed by atoms with van der Waals surface area (Å²) in [5.41, 5.74) is 0. The topological polar surface area (TPSA) is 43.4 Å². The zero-order chi connectivity index (χ0) is 23.2. The van der Waals surface area contributed by atoms with Gasteiger partial charge < -0.3 is 4.74 Å². The van der Waals surface area contributed by atoms with E-state index < -0.39 is 0 Å². The Morgan fingerprint density at radius 2 is 1.88 bits per heavy atom. The zero-order valence-electron chi connectivity index (χ0n) is 20.3. The number of ether oxygens (including phenoxy) is 1. The molecule has 4 heteroatoms. The van der Waals surface area contributed by atoms with Gasteiger partial charge >= 0.3 is 5.97 Å². The van der Waals surface area contributed by atoms with Gasteiger partial charge in [-0.2, -0.15) is 0 Å². The third-order valence-electron chi connectivity index (χ3n) is 6.61. The summed E-state index contributed by atoms with van der Waals surface area (Å²) in [4.78, 5) is 25.3. The number of allylic oxidation sites excluding steroid dienone is 1. The minimum Gasteiger partial charge on any atom is -0.469 e. The fourth-order valence-corrected chi connectivity index (χ4v) is 5.94. The van der Waals surface area contributed by atoms with Gasteiger partial charge in [0.05, 0.1) is 7.11 Å². The standard InChI is InChI=1S/C28H42O3S/c1-4-5-13-22(2)18-21-27(32-23-14-9-8-10-15-23)25-19-20-26(29)24(25)16-11-6-7-12-17-28(30)31-3/h8-10,14-15,18,21-22,24-25,27H,4-7,11-13,16-17,19-20H2,1-3H3/b21-18+. The number of rotatable bonds is 15. The lowest BCUT2D eigenvalue weighted by molar-refractivity contribution is -0.140. The number of carbonyl (C=O) groups excluding carboxylic acids is 2. The van der Waals surface area contributed by atoms with Crippen molar-refractivity contribution in [2.75, 3.05) is 7.11 Å². The fourth-order valence-electron chi connectivity index (χ4n) is 4.64. The van der Waals surface area contributed by atoms with Gasteiger partial charge in [-0.05, 0) is 49.7 Å². The Bertz CT molecular complexity index is 700. The quantitative estimate of drug-likeness (QED) is 0.117. The largest absolute Gasteiger partial charge is 0.469 e. The van der Waals surface area contributed by atoms with E-state index in [9.17, 15) is 9.59 Å². The SMILES string of the molecule is CCCCC(C)/C=C/C(Sc1ccccc1)C1CCC(=O)C1CCCCCCC(=O)OC. The van der Waals surface area contributed by atoms with E-state index in [0.717, 1.165) is 44.9 Å². The van der Waals surface area contributed by atoms with Gasteiger partial charge in [0.1, 0.15) is 5.78 Å². The van der Waals surface area contributed by atoms with Gasteiger partial charge in [0, 0.05) is 28.9 Å². The summed E-state index contributed by atoms with van der Waals surface area (Å²) in [5, 5.41) is 0.345. The number of Topliss-reactive ketones (excluding diaryl/α,β-unsaturated/α-hetero) is 1. The molecule has 1 aromatic carbocycles. The molecule has 0 heterocycles. The third-order valence-corrected chi connectivity index (χ3v) is 7.93. The van der Waals surface area contributed by atoms with Crippen LogP contribution in [0.3, 0.4) is 0 Å². The summed E-state index contributed by atoms with van der Waals surface area (Å²) >= 11 is 1.92. The van der Waals surface area contributed by atoms with Crippen molar-refractivity contribution >= 4 is 23.5 Å². The van der Waals surface area contributed by atoms with Gasteiger partial charge in [0.15, 0.2) is 0 Å². The van der Waals surface area contributed by atoms with Crippen LogP contribution in [-0.4, -0.2) is 24.1 Å². The molecule has 4 atom stereocenters. The van der Waals surface area contributed by atoms with Crippen LogP contribution in [0.1, 0.15) is 84.5 Å². The fraction of sp³-hybridized carbons (Fsp3) is 0.643. The number of hydrogen-bond acceptors (Lipinski definition) is 4. The Balaban J connectivity index is 1.97. The van der Waals surface area contributed by atoms with Gasteiger partial charge in [0.2, 0.25) is 0 Å². The van der Waals surface area contributed by atoms with Gasteiger partial charge in [-0.25, -0.2) is 0 Å². The Morgan fingerprint density at radius 1 is 1.12 bits per heavy atom. The second-order valence-electron chi connectivity index (χ2n) is 9.20. The Labute approximate surface area is 199 Å². The van der Waals surface area contributed by atoms with Crippen LogP contribution in [0.25, 0.3) is 0 Å². The zero-order valence-corrected chi connectivity index (χ0v) is 21.1. The number of thioether (sulfide) groups is 1. The Hall–Kier alpha value is -1.55. The third kappa shape index (κ3) is 9.52. The Kier molecular flexibility index (Phi) is 12.8. The first-order valence-corrected chi connectivity index (χ1v) is 13.4. The molecule has 1 fully saturated rings. The molecule has 0 spiro atoms. The average molecular weight is 459 g/mol. The van der Waals surface area contributed by atoms with Crippen LogP contribution in [0.2, 0.25) is 0 Å². The highest BCUT2D eigenvalue weighted by Gasteiger charge is 2.38. The van der Waals surface area contributed by atoms with Crippen molar-refractivity contribution in [3.8, 4) is 0 Å². The highest BCUT2D eigenvalue weighted by molar-refractivity contribution is 8.00. The van der Waals surface area contributed by atoms with Crippen LogP contribution in [0.4, 0.5) is 0 Å². The van der Waals surface area contributed by atoms with E-state index in [4.69, 9.17) is 4.74 Å². The number of ketones is 1. The van der Waals surface area contributed by atoms with E-state index >= 15 is 0 Å². The van der Waals surface area contributed by atoms with Crippen molar-refractivity contribution in [3.63, 3.8) is 0 Å². The predicted molar refractivity (Wildman–Crippen MR) is 135 cm³/mol. The highest BCUT2D eigenvalue weighted by atomic mass is 32.2. The highest BCUT2D eigenvalue weighted by Crippen LogP contribution is 2.42. The lowest BCUT2D eigenvalue weighted by Gasteiger charge is -2.26. The van der Waals surface area contributed by atoms with Crippen LogP contribution < -0.4 is 0 Å². The van der Waals surface area contributed by atoms with E-state index in [1.54, 1.807) is 0 Å². The average Bonchev–Trinajstić information content (AvgIpc) is 3.17. The number of unbranched alkanes of at least 4 members (excludes halogenated alkanes) is 4. The molecule has 2 rings (SSSR count). The van der Waals surface area contributed by atoms with Crippen molar-refractivity contribution in [1.82, 2.24) is 0 Å². The van der Waals surface area contributed by atoms with E-state index in [-0.39, 0.29) is 11.9 Å². The normalized spacial score (nSPS) is 20.5. The maximum absolute atomic E-state index is 12.8. The van der Waals surface area contributed by atoms with E-state index in [2.05, 4.69) is 56.3 Å². The molecule has 0 bridgehead atoms. The van der Waals surface area contributed by atoms with Gasteiger partial charge in [0.25, 0.3) is 0 Å². The second kappa shape index (κ2) is 15.3. The van der Waals surface area contributed by atoms with Crippen LogP contribution >= 0.6 is 11.8 Å². The number of methoxy groups -OCH3 is 1. The van der Waals surface area contributed by atoms with Crippen LogP contribution in [0.15, 0.2) is 47.4 Å². The maximum Gasteiger partial charge on any atom is 0.305 e. The summed E-state index contributed by atoms with van der Waals surface area (Å²) < 4.78 is 4.71. The second-order valence-corrected chi connectivity index (χ2v) is 10.5. The van der Waals surface area contributed by atoms with Crippen molar-refractivity contribution in [2.24, 2.45) is 17.8 Å². The number of benzene rings is 1. The molecule has 1 aliphatic rings. The molecule has 0 aliphatic heterocycles. The molecular weight excluding hydrogens is 416 g/mol. The molecule has 0 aromatic heterocycles. The molecule has 0 radical (unpaired) electrons. The van der Waals surface area contributed by atoms with Gasteiger partial charge in [-0.1, -0.05) is 76.3 Å². The minimum absolute atomic E-state index is 0.128. The summed E-state index contributed by atoms with van der Waals surface area (Å²) in [7, 11) is 1.44. The molecule has 178 valence electrons. The molecule has 0 N–H and O–H groups in total. The lowest BCUT2D eigenvalue weighted by atomic mass is 9.87. The number of esters is 1. The van der Waals surface area contributed by atoms with Crippen molar-refractivity contribution < 1.29 is 14.3 Å². The van der Waals surface area contributed by atoms with Crippen molar-refractivity contribution in [1.29, 1.82) is 0 Å². The predicted octanol–water partition coefficient (Wildman–Crippen LogP) is 7.64. The molecule has 32 heavy (non-hydrogen) atoms.